The molecule has 0 saturated carbocycles. The lowest BCUT2D eigenvalue weighted by molar-refractivity contribution is -0.137. The van der Waals surface area contributed by atoms with Crippen molar-refractivity contribution in [1.82, 2.24) is 19.6 Å². The molecular formula is C24H34N4O. The van der Waals surface area contributed by atoms with Gasteiger partial charge in [0.2, 0.25) is 5.91 Å². The maximum atomic E-state index is 13.6. The average molecular weight is 395 g/mol. The van der Waals surface area contributed by atoms with Gasteiger partial charge < -0.3 is 9.80 Å². The van der Waals surface area contributed by atoms with Crippen LogP contribution in [-0.2, 0) is 11.3 Å². The molecule has 1 amide bonds. The monoisotopic (exact) mass is 394 g/mol. The van der Waals surface area contributed by atoms with Crippen LogP contribution in [0.25, 0.3) is 0 Å². The lowest BCUT2D eigenvalue weighted by atomic mass is 9.87. The van der Waals surface area contributed by atoms with Gasteiger partial charge in [0.1, 0.15) is 0 Å². The van der Waals surface area contributed by atoms with Crippen molar-refractivity contribution in [1.29, 1.82) is 0 Å². The second-order valence-corrected chi connectivity index (χ2v) is 8.98. The van der Waals surface area contributed by atoms with E-state index in [4.69, 9.17) is 0 Å². The van der Waals surface area contributed by atoms with Crippen LogP contribution in [0.1, 0.15) is 49.8 Å². The molecule has 0 N–H and O–H groups in total. The van der Waals surface area contributed by atoms with Gasteiger partial charge in [-0.3, -0.25) is 9.48 Å². The molecule has 5 nitrogen and oxygen atoms in total. The third-order valence-electron chi connectivity index (χ3n) is 6.79. The van der Waals surface area contributed by atoms with Crippen LogP contribution < -0.4 is 0 Å². The Labute approximate surface area is 174 Å². The first-order valence-electron chi connectivity index (χ1n) is 11.1. The summed E-state index contributed by atoms with van der Waals surface area (Å²) >= 11 is 0. The van der Waals surface area contributed by atoms with E-state index in [1.165, 1.54) is 24.8 Å². The van der Waals surface area contributed by atoms with Gasteiger partial charge in [-0.1, -0.05) is 50.1 Å². The van der Waals surface area contributed by atoms with E-state index in [0.29, 0.717) is 24.5 Å². The first kappa shape index (κ1) is 20.1. The van der Waals surface area contributed by atoms with Crippen molar-refractivity contribution >= 4 is 5.91 Å². The molecule has 2 aliphatic heterocycles. The van der Waals surface area contributed by atoms with E-state index in [2.05, 4.69) is 59.2 Å². The van der Waals surface area contributed by atoms with E-state index in [1.807, 2.05) is 23.9 Å². The molecule has 2 aliphatic rings. The third-order valence-corrected chi connectivity index (χ3v) is 6.79. The van der Waals surface area contributed by atoms with Crippen LogP contribution >= 0.6 is 0 Å². The summed E-state index contributed by atoms with van der Waals surface area (Å²) < 4.78 is 1.91. The van der Waals surface area contributed by atoms with E-state index in [1.54, 1.807) is 0 Å². The molecule has 1 aromatic heterocycles. The number of benzene rings is 1. The molecule has 0 radical (unpaired) electrons. The molecular weight excluding hydrogens is 360 g/mol. The van der Waals surface area contributed by atoms with Crippen LogP contribution in [0.5, 0.6) is 0 Å². The van der Waals surface area contributed by atoms with Crippen LogP contribution in [0.2, 0.25) is 0 Å². The SMILES string of the molecule is Cc1ccn(CC(C)C(=O)N2C[C@@H](c3ccccc3)[C@H]3[C@H]2CCCCCN3C)n1. The number of likely N-dealkylation sites (N-methyl/N-ethyl adjacent to an activating group) is 1. The molecule has 2 fully saturated rings. The van der Waals surface area contributed by atoms with Gasteiger partial charge in [0, 0.05) is 30.7 Å². The number of hydrogen-bond acceptors (Lipinski definition) is 3. The Kier molecular flexibility index (Phi) is 6.04. The van der Waals surface area contributed by atoms with E-state index in [9.17, 15) is 4.79 Å². The van der Waals surface area contributed by atoms with E-state index >= 15 is 0 Å². The number of hydrogen-bond donors (Lipinski definition) is 0. The highest BCUT2D eigenvalue weighted by Gasteiger charge is 2.46. The molecule has 2 saturated heterocycles. The molecule has 4 atom stereocenters. The lowest BCUT2D eigenvalue weighted by Crippen LogP contribution is -2.49. The van der Waals surface area contributed by atoms with Crippen LogP contribution in [0.4, 0.5) is 0 Å². The van der Waals surface area contributed by atoms with Crippen molar-refractivity contribution in [3.8, 4) is 0 Å². The number of nitrogens with zero attached hydrogens (tertiary/aromatic N) is 4. The number of aryl methyl sites for hydroxylation is 1. The van der Waals surface area contributed by atoms with Crippen molar-refractivity contribution in [2.45, 2.75) is 64.1 Å². The number of fused-ring (bicyclic) bond motifs is 1. The van der Waals surface area contributed by atoms with Crippen molar-refractivity contribution in [2.24, 2.45) is 5.92 Å². The summed E-state index contributed by atoms with van der Waals surface area (Å²) in [5, 5.41) is 4.48. The van der Waals surface area contributed by atoms with E-state index in [-0.39, 0.29) is 11.8 Å². The summed E-state index contributed by atoms with van der Waals surface area (Å²) in [6, 6.07) is 13.5. The minimum Gasteiger partial charge on any atom is -0.337 e. The zero-order chi connectivity index (χ0) is 20.4. The molecule has 4 rings (SSSR count). The molecule has 5 heteroatoms. The first-order chi connectivity index (χ1) is 14.0. The van der Waals surface area contributed by atoms with Crippen molar-refractivity contribution in [2.75, 3.05) is 20.1 Å². The van der Waals surface area contributed by atoms with Gasteiger partial charge in [0.15, 0.2) is 0 Å². The van der Waals surface area contributed by atoms with E-state index < -0.39 is 0 Å². The van der Waals surface area contributed by atoms with Gasteiger partial charge in [-0.05, 0) is 45.0 Å². The topological polar surface area (TPSA) is 41.4 Å². The molecule has 0 bridgehead atoms. The zero-order valence-electron chi connectivity index (χ0n) is 18.0. The van der Waals surface area contributed by atoms with Gasteiger partial charge in [0.05, 0.1) is 18.2 Å². The van der Waals surface area contributed by atoms with Gasteiger partial charge in [-0.2, -0.15) is 5.10 Å². The Morgan fingerprint density at radius 3 is 2.69 bits per heavy atom. The molecule has 0 aliphatic carbocycles. The highest BCUT2D eigenvalue weighted by Crippen LogP contribution is 2.39. The summed E-state index contributed by atoms with van der Waals surface area (Å²) in [6.45, 7) is 6.63. The number of carbonyl (C=O) groups is 1. The summed E-state index contributed by atoms with van der Waals surface area (Å²) in [5.41, 5.74) is 2.36. The molecule has 0 spiro atoms. The number of likely N-dealkylation sites (tertiary alicyclic amines) is 2. The largest absolute Gasteiger partial charge is 0.337 e. The van der Waals surface area contributed by atoms with Crippen molar-refractivity contribution in [3.05, 3.63) is 53.9 Å². The predicted molar refractivity (Wildman–Crippen MR) is 116 cm³/mol. The minimum atomic E-state index is -0.0692. The maximum Gasteiger partial charge on any atom is 0.227 e. The zero-order valence-corrected chi connectivity index (χ0v) is 18.0. The molecule has 156 valence electrons. The van der Waals surface area contributed by atoms with Crippen LogP contribution in [0.3, 0.4) is 0 Å². The Bertz CT molecular complexity index is 817. The molecule has 1 unspecified atom stereocenters. The third kappa shape index (κ3) is 4.25. The second kappa shape index (κ2) is 8.70. The van der Waals surface area contributed by atoms with Crippen LogP contribution in [0, 0.1) is 12.8 Å². The summed E-state index contributed by atoms with van der Waals surface area (Å²) in [5.74, 6) is 0.591. The van der Waals surface area contributed by atoms with Gasteiger partial charge >= 0.3 is 0 Å². The fourth-order valence-electron chi connectivity index (χ4n) is 5.34. The highest BCUT2D eigenvalue weighted by molar-refractivity contribution is 5.79. The molecule has 1 aromatic carbocycles. The Morgan fingerprint density at radius 2 is 1.97 bits per heavy atom. The van der Waals surface area contributed by atoms with Gasteiger partial charge in [-0.25, -0.2) is 0 Å². The molecule has 3 heterocycles. The predicted octanol–water partition coefficient (Wildman–Crippen LogP) is 3.70. The fraction of sp³-hybridized carbons (Fsp3) is 0.583. The van der Waals surface area contributed by atoms with Crippen molar-refractivity contribution < 1.29 is 4.79 Å². The second-order valence-electron chi connectivity index (χ2n) is 8.98. The normalized spacial score (nSPS) is 26.6. The summed E-state index contributed by atoms with van der Waals surface area (Å²) in [6.07, 6.45) is 6.81. The van der Waals surface area contributed by atoms with Gasteiger partial charge in [0.25, 0.3) is 0 Å². The Balaban J connectivity index is 1.58. The van der Waals surface area contributed by atoms with Crippen LogP contribution in [0.15, 0.2) is 42.6 Å². The smallest absolute Gasteiger partial charge is 0.227 e. The summed E-state index contributed by atoms with van der Waals surface area (Å²) in [7, 11) is 2.25. The maximum absolute atomic E-state index is 13.6. The first-order valence-corrected chi connectivity index (χ1v) is 11.1. The van der Waals surface area contributed by atoms with Gasteiger partial charge in [-0.15, -0.1) is 0 Å². The average Bonchev–Trinajstić information content (AvgIpc) is 3.29. The highest BCUT2D eigenvalue weighted by atomic mass is 16.2. The number of rotatable bonds is 4. The number of carbonyl (C=O) groups excluding carboxylic acids is 1. The Hall–Kier alpha value is -2.14. The standard InChI is InChI=1S/C24H34N4O/c1-18(16-27-15-13-19(2)25-27)24(29)28-17-21(20-10-6-4-7-11-20)23-22(28)12-8-5-9-14-26(23)3/h4,6-7,10-11,13,15,18,21-23H,5,8-9,12,14,16-17H2,1-3H3/t18?,21-,22+,23-/m0/s1. The number of amides is 1. The summed E-state index contributed by atoms with van der Waals surface area (Å²) in [4.78, 5) is 18.3. The van der Waals surface area contributed by atoms with E-state index in [0.717, 1.165) is 25.2 Å². The van der Waals surface area contributed by atoms with Crippen LogP contribution in [-0.4, -0.2) is 57.7 Å². The van der Waals surface area contributed by atoms with Crippen molar-refractivity contribution in [3.63, 3.8) is 0 Å². The minimum absolute atomic E-state index is 0.0692. The number of aromatic nitrogens is 2. The quantitative estimate of drug-likeness (QED) is 0.794. The lowest BCUT2D eigenvalue weighted by Gasteiger charge is -2.37. The fourth-order valence-corrected chi connectivity index (χ4v) is 5.34. The molecule has 2 aromatic rings. The molecule has 29 heavy (non-hydrogen) atoms. The Morgan fingerprint density at radius 1 is 1.17 bits per heavy atom.